The molecule has 0 amide bonds. The summed E-state index contributed by atoms with van der Waals surface area (Å²) in [5, 5.41) is -0.145. The maximum atomic E-state index is 12.4. The fourth-order valence-electron chi connectivity index (χ4n) is 0.990. The van der Waals surface area contributed by atoms with Gasteiger partial charge in [-0.1, -0.05) is 11.6 Å². The van der Waals surface area contributed by atoms with Gasteiger partial charge in [0.2, 0.25) is 5.82 Å². The molecule has 0 saturated carbocycles. The number of nitrogens with zero attached hydrogens (tertiary/aromatic N) is 2. The molecule has 0 atom stereocenters. The monoisotopic (exact) mass is 239 g/mol. The number of alkyl halides is 3. The van der Waals surface area contributed by atoms with Gasteiger partial charge in [0.1, 0.15) is 5.15 Å². The molecule has 6 heteroatoms. The largest absolute Gasteiger partial charge is 0.416 e. The van der Waals surface area contributed by atoms with Gasteiger partial charge in [0, 0.05) is 6.07 Å². The highest BCUT2D eigenvalue weighted by Crippen LogP contribution is 2.33. The van der Waals surface area contributed by atoms with E-state index in [-0.39, 0.29) is 15.5 Å². The summed E-state index contributed by atoms with van der Waals surface area (Å²) >= 11 is 5.54. The molecule has 15 heavy (non-hydrogen) atoms. The molecule has 0 aliphatic heterocycles. The molecule has 0 fully saturated rings. The summed E-state index contributed by atoms with van der Waals surface area (Å²) in [5.41, 5.74) is -0.773. The Morgan fingerprint density at radius 2 is 1.73 bits per heavy atom. The van der Waals surface area contributed by atoms with E-state index < -0.39 is 11.7 Å². The lowest BCUT2D eigenvalue weighted by Crippen LogP contribution is -2.36. The summed E-state index contributed by atoms with van der Waals surface area (Å²) in [6, 6.07) is 1.83. The Kier molecular flexibility index (Phi) is 2.98. The molecule has 2 nitrogen and oxygen atoms in total. The van der Waals surface area contributed by atoms with Crippen molar-refractivity contribution < 1.29 is 13.2 Å². The highest BCUT2D eigenvalue weighted by Gasteiger charge is 2.33. The first-order chi connectivity index (χ1) is 6.60. The second-order valence-corrected chi connectivity index (χ2v) is 4.43. The van der Waals surface area contributed by atoms with Crippen molar-refractivity contribution in [3.63, 3.8) is 0 Å². The van der Waals surface area contributed by atoms with Crippen LogP contribution in [0.15, 0.2) is 12.1 Å². The molecule has 0 bridgehead atoms. The topological polar surface area (TPSA) is 12.9 Å². The van der Waals surface area contributed by atoms with Crippen molar-refractivity contribution in [1.29, 1.82) is 0 Å². The Morgan fingerprint density at radius 3 is 2.13 bits per heavy atom. The van der Waals surface area contributed by atoms with Crippen molar-refractivity contribution in [2.75, 3.05) is 21.1 Å². The molecule has 0 aromatic carbocycles. The highest BCUT2D eigenvalue weighted by atomic mass is 35.5. The van der Waals surface area contributed by atoms with Crippen molar-refractivity contribution in [3.05, 3.63) is 22.8 Å². The third-order valence-corrected chi connectivity index (χ3v) is 1.99. The number of rotatable bonds is 1. The highest BCUT2D eigenvalue weighted by molar-refractivity contribution is 6.29. The minimum absolute atomic E-state index is 0.145. The van der Waals surface area contributed by atoms with Crippen molar-refractivity contribution in [1.82, 2.24) is 9.47 Å². The predicted molar refractivity (Wildman–Crippen MR) is 53.8 cm³/mol. The maximum absolute atomic E-state index is 12.4. The number of hydrogen-bond donors (Lipinski definition) is 0. The quantitative estimate of drug-likeness (QED) is 0.542. The molecule has 0 saturated heterocycles. The number of pyridine rings is 1. The van der Waals surface area contributed by atoms with Crippen LogP contribution in [0.1, 0.15) is 5.56 Å². The van der Waals surface area contributed by atoms with E-state index in [9.17, 15) is 13.2 Å². The van der Waals surface area contributed by atoms with Crippen molar-refractivity contribution in [3.8, 4) is 0 Å². The Hall–Kier alpha value is -0.810. The van der Waals surface area contributed by atoms with Crippen LogP contribution in [0.2, 0.25) is 5.15 Å². The van der Waals surface area contributed by atoms with Crippen LogP contribution in [-0.2, 0) is 6.18 Å². The number of aromatic nitrogens is 1. The molecule has 0 spiro atoms. The average Bonchev–Trinajstić information content (AvgIpc) is 1.99. The van der Waals surface area contributed by atoms with Gasteiger partial charge in [0.15, 0.2) is 0 Å². The number of halogens is 4. The third-order valence-electron chi connectivity index (χ3n) is 1.80. The Bertz CT molecular complexity index is 336. The number of hydrogen-bond acceptors (Lipinski definition) is 1. The van der Waals surface area contributed by atoms with E-state index in [0.29, 0.717) is 0 Å². The van der Waals surface area contributed by atoms with Crippen LogP contribution in [0.4, 0.5) is 19.0 Å². The molecule has 1 aromatic rings. The maximum Gasteiger partial charge on any atom is 0.416 e. The van der Waals surface area contributed by atoms with E-state index in [1.807, 2.05) is 0 Å². The van der Waals surface area contributed by atoms with Gasteiger partial charge in [-0.05, 0) is 6.07 Å². The lowest BCUT2D eigenvalue weighted by atomic mass is 10.2. The van der Waals surface area contributed by atoms with Gasteiger partial charge in [-0.25, -0.2) is 0 Å². The van der Waals surface area contributed by atoms with Gasteiger partial charge in [-0.15, -0.1) is 0 Å². The lowest BCUT2D eigenvalue weighted by Gasteiger charge is -2.22. The van der Waals surface area contributed by atoms with E-state index in [4.69, 9.17) is 11.6 Å². The fraction of sp³-hybridized carbons (Fsp3) is 0.444. The smallest absolute Gasteiger partial charge is 0.282 e. The zero-order chi connectivity index (χ0) is 11.9. The van der Waals surface area contributed by atoms with E-state index >= 15 is 0 Å². The Morgan fingerprint density at radius 1 is 1.20 bits per heavy atom. The second kappa shape index (κ2) is 3.64. The summed E-state index contributed by atoms with van der Waals surface area (Å²) < 4.78 is 37.5. The Labute approximate surface area is 90.9 Å². The molecule has 1 rings (SSSR count). The van der Waals surface area contributed by atoms with E-state index in [1.54, 1.807) is 21.1 Å². The first-order valence-electron chi connectivity index (χ1n) is 4.17. The van der Waals surface area contributed by atoms with Gasteiger partial charge < -0.3 is 0 Å². The molecule has 0 aliphatic rings. The predicted octanol–water partition coefficient (Wildman–Crippen LogP) is 2.95. The van der Waals surface area contributed by atoms with Gasteiger partial charge >= 0.3 is 6.18 Å². The molecular weight excluding hydrogens is 229 g/mol. The van der Waals surface area contributed by atoms with Crippen LogP contribution in [-0.4, -0.2) is 26.1 Å². The van der Waals surface area contributed by atoms with Gasteiger partial charge in [-0.2, -0.15) is 18.2 Å². The summed E-state index contributed by atoms with van der Waals surface area (Å²) in [4.78, 5) is 3.86. The standard InChI is InChI=1S/C9H11ClF3N2/c1-15(2,3)8-5-6(9(11,12)13)4-7(10)14-8/h4-5H,1-3H3/q+1. The normalized spacial score (nSPS) is 13.0. The first-order valence-corrected chi connectivity index (χ1v) is 4.55. The Balaban J connectivity index is 3.30. The van der Waals surface area contributed by atoms with Crippen LogP contribution < -0.4 is 4.48 Å². The zero-order valence-corrected chi connectivity index (χ0v) is 9.32. The molecule has 1 aromatic heterocycles. The molecule has 0 N–H and O–H groups in total. The SMILES string of the molecule is C[N+](C)(C)c1cc(C(F)(F)F)cc(Cl)n1. The zero-order valence-electron chi connectivity index (χ0n) is 8.56. The summed E-state index contributed by atoms with van der Waals surface area (Å²) in [6.45, 7) is 0. The summed E-state index contributed by atoms with van der Waals surface area (Å²) in [6.07, 6.45) is -4.39. The summed E-state index contributed by atoms with van der Waals surface area (Å²) in [5.74, 6) is 0.273. The van der Waals surface area contributed by atoms with E-state index in [1.165, 1.54) is 0 Å². The van der Waals surface area contributed by atoms with E-state index in [0.717, 1.165) is 12.1 Å². The summed E-state index contributed by atoms with van der Waals surface area (Å²) in [7, 11) is 5.16. The van der Waals surface area contributed by atoms with Crippen LogP contribution in [0.25, 0.3) is 0 Å². The third kappa shape index (κ3) is 3.07. The molecule has 0 unspecified atom stereocenters. The molecular formula is C9H11ClF3N2+. The number of quaternary nitrogens is 1. The fourth-order valence-corrected chi connectivity index (χ4v) is 1.19. The first kappa shape index (κ1) is 12.3. The molecule has 84 valence electrons. The minimum Gasteiger partial charge on any atom is -0.282 e. The van der Waals surface area contributed by atoms with E-state index in [2.05, 4.69) is 4.98 Å². The molecule has 1 heterocycles. The van der Waals surface area contributed by atoms with Crippen LogP contribution in [0.3, 0.4) is 0 Å². The van der Waals surface area contributed by atoms with Gasteiger partial charge in [0.25, 0.3) is 0 Å². The van der Waals surface area contributed by atoms with Crippen LogP contribution in [0.5, 0.6) is 0 Å². The van der Waals surface area contributed by atoms with Gasteiger partial charge in [-0.3, -0.25) is 4.48 Å². The van der Waals surface area contributed by atoms with Crippen LogP contribution >= 0.6 is 11.6 Å². The second-order valence-electron chi connectivity index (χ2n) is 4.05. The van der Waals surface area contributed by atoms with Crippen molar-refractivity contribution in [2.45, 2.75) is 6.18 Å². The van der Waals surface area contributed by atoms with Crippen molar-refractivity contribution in [2.24, 2.45) is 0 Å². The van der Waals surface area contributed by atoms with Crippen LogP contribution in [0, 0.1) is 0 Å². The van der Waals surface area contributed by atoms with Gasteiger partial charge in [0.05, 0.1) is 26.7 Å². The lowest BCUT2D eigenvalue weighted by molar-refractivity contribution is -0.137. The van der Waals surface area contributed by atoms with Crippen molar-refractivity contribution >= 4 is 17.4 Å². The molecule has 0 radical (unpaired) electrons. The minimum atomic E-state index is -4.39. The average molecular weight is 240 g/mol. The molecule has 0 aliphatic carbocycles.